The van der Waals surface area contributed by atoms with Gasteiger partial charge in [-0.1, -0.05) is 17.7 Å². The van der Waals surface area contributed by atoms with Crippen LogP contribution >= 0.6 is 11.6 Å². The van der Waals surface area contributed by atoms with Gasteiger partial charge < -0.3 is 5.73 Å². The number of hydrogen-bond donors (Lipinski definition) is 2. The molecule has 1 rings (SSSR count). The van der Waals surface area contributed by atoms with Crippen LogP contribution in [0.15, 0.2) is 23.1 Å². The molecule has 4 nitrogen and oxygen atoms in total. The minimum absolute atomic E-state index is 0.136. The predicted molar refractivity (Wildman–Crippen MR) is 69.8 cm³/mol. The van der Waals surface area contributed by atoms with E-state index in [0.717, 1.165) is 13.0 Å². The molecule has 0 aliphatic heterocycles. The molecule has 0 heterocycles. The summed E-state index contributed by atoms with van der Waals surface area (Å²) in [4.78, 5) is -0.200. The van der Waals surface area contributed by atoms with Crippen LogP contribution < -0.4 is 10.5 Å². The second-order valence-electron chi connectivity index (χ2n) is 4.30. The molecule has 0 bridgehead atoms. The van der Waals surface area contributed by atoms with E-state index in [2.05, 4.69) is 0 Å². The Morgan fingerprint density at radius 1 is 1.40 bits per heavy atom. The Labute approximate surface area is 120 Å². The fourth-order valence-electron chi connectivity index (χ4n) is 1.58. The smallest absolute Gasteiger partial charge is 0.326 e. The lowest BCUT2D eigenvalue weighted by molar-refractivity contribution is -0.137. The highest BCUT2D eigenvalue weighted by atomic mass is 35.5. The van der Waals surface area contributed by atoms with E-state index in [1.807, 2.05) is 4.72 Å². The van der Waals surface area contributed by atoms with Gasteiger partial charge in [0.25, 0.3) is 0 Å². The van der Waals surface area contributed by atoms with E-state index in [9.17, 15) is 21.6 Å². The molecule has 0 fully saturated rings. The average Bonchev–Trinajstić information content (AvgIpc) is 2.25. The van der Waals surface area contributed by atoms with Crippen molar-refractivity contribution in [2.24, 2.45) is 5.73 Å². The van der Waals surface area contributed by atoms with Gasteiger partial charge in [0.15, 0.2) is 0 Å². The zero-order valence-corrected chi connectivity index (χ0v) is 12.1. The molecule has 0 aliphatic rings. The molecule has 114 valence electrons. The first-order valence-corrected chi connectivity index (χ1v) is 7.49. The Hall–Kier alpha value is -0.830. The Kier molecular flexibility index (Phi) is 5.42. The third-order valence-electron chi connectivity index (χ3n) is 2.45. The Balaban J connectivity index is 2.91. The van der Waals surface area contributed by atoms with Gasteiger partial charge in [-0.05, 0) is 24.6 Å². The predicted octanol–water partition coefficient (Wildman–Crippen LogP) is 2.42. The van der Waals surface area contributed by atoms with Crippen LogP contribution in [0.2, 0.25) is 5.02 Å². The average molecular weight is 331 g/mol. The van der Waals surface area contributed by atoms with Crippen LogP contribution in [0.25, 0.3) is 0 Å². The van der Waals surface area contributed by atoms with Crippen molar-refractivity contribution in [3.05, 3.63) is 28.8 Å². The highest BCUT2D eigenvalue weighted by Crippen LogP contribution is 2.24. The standard InChI is InChI=1S/C11H14ClF3N2O2S/c1-7(5-11(13,14)15)17-20(18,19)9-3-2-8(6-16)10(12)4-9/h2-4,7,17H,5-6,16H2,1H3. The molecule has 1 atom stereocenters. The molecule has 1 unspecified atom stereocenters. The molecule has 9 heteroatoms. The molecule has 20 heavy (non-hydrogen) atoms. The Morgan fingerprint density at radius 3 is 2.45 bits per heavy atom. The van der Waals surface area contributed by atoms with E-state index in [0.29, 0.717) is 5.56 Å². The summed E-state index contributed by atoms with van der Waals surface area (Å²) in [5.41, 5.74) is 5.94. The van der Waals surface area contributed by atoms with Crippen molar-refractivity contribution < 1.29 is 21.6 Å². The van der Waals surface area contributed by atoms with E-state index >= 15 is 0 Å². The van der Waals surface area contributed by atoms with Gasteiger partial charge in [0, 0.05) is 17.6 Å². The van der Waals surface area contributed by atoms with Crippen LogP contribution in [0.4, 0.5) is 13.2 Å². The van der Waals surface area contributed by atoms with Crippen molar-refractivity contribution in [2.45, 2.75) is 37.0 Å². The second kappa shape index (κ2) is 6.30. The number of nitrogens with one attached hydrogen (secondary N) is 1. The summed E-state index contributed by atoms with van der Waals surface area (Å²) in [5, 5.41) is 0.152. The van der Waals surface area contributed by atoms with Gasteiger partial charge in [0.2, 0.25) is 10.0 Å². The number of nitrogens with two attached hydrogens (primary N) is 1. The van der Waals surface area contributed by atoms with Gasteiger partial charge in [-0.15, -0.1) is 0 Å². The molecule has 1 aromatic rings. The molecule has 3 N–H and O–H groups in total. The molecule has 0 amide bonds. The SMILES string of the molecule is CC(CC(F)(F)F)NS(=O)(=O)c1ccc(CN)c(Cl)c1. The molecule has 0 radical (unpaired) electrons. The van der Waals surface area contributed by atoms with Gasteiger partial charge in [0.1, 0.15) is 0 Å². The lowest BCUT2D eigenvalue weighted by atomic mass is 10.2. The lowest BCUT2D eigenvalue weighted by Gasteiger charge is -2.16. The zero-order valence-electron chi connectivity index (χ0n) is 10.5. The number of alkyl halides is 3. The monoisotopic (exact) mass is 330 g/mol. The van der Waals surface area contributed by atoms with E-state index in [1.54, 1.807) is 0 Å². The normalized spacial score (nSPS) is 14.3. The Bertz CT molecular complexity index is 576. The summed E-state index contributed by atoms with van der Waals surface area (Å²) in [6.45, 7) is 1.28. The quantitative estimate of drug-likeness (QED) is 0.871. The van der Waals surface area contributed by atoms with E-state index < -0.39 is 28.7 Å². The first-order chi connectivity index (χ1) is 9.05. The topological polar surface area (TPSA) is 72.2 Å². The van der Waals surface area contributed by atoms with Gasteiger partial charge in [0.05, 0.1) is 11.3 Å². The van der Waals surface area contributed by atoms with Gasteiger partial charge in [-0.3, -0.25) is 0 Å². The molecule has 0 aromatic heterocycles. The summed E-state index contributed by atoms with van der Waals surface area (Å²) < 4.78 is 62.3. The van der Waals surface area contributed by atoms with E-state index in [4.69, 9.17) is 17.3 Å². The fourth-order valence-corrected chi connectivity index (χ4v) is 3.17. The summed E-state index contributed by atoms with van der Waals surface area (Å²) in [5.74, 6) is 0. The van der Waals surface area contributed by atoms with Crippen molar-refractivity contribution in [3.8, 4) is 0 Å². The summed E-state index contributed by atoms with van der Waals surface area (Å²) in [6.07, 6.45) is -5.69. The molecule has 0 saturated carbocycles. The maximum Gasteiger partial charge on any atom is 0.390 e. The second-order valence-corrected chi connectivity index (χ2v) is 6.42. The summed E-state index contributed by atoms with van der Waals surface area (Å²) >= 11 is 5.83. The van der Waals surface area contributed by atoms with E-state index in [1.165, 1.54) is 12.1 Å². The fraction of sp³-hybridized carbons (Fsp3) is 0.455. The number of halogens is 4. The molecule has 0 spiro atoms. The van der Waals surface area contributed by atoms with Crippen molar-refractivity contribution >= 4 is 21.6 Å². The molecule has 0 saturated heterocycles. The highest BCUT2D eigenvalue weighted by Gasteiger charge is 2.32. The number of benzene rings is 1. The maximum absolute atomic E-state index is 12.2. The molecule has 1 aromatic carbocycles. The van der Waals surface area contributed by atoms with Crippen molar-refractivity contribution in [1.82, 2.24) is 4.72 Å². The zero-order chi connectivity index (χ0) is 15.6. The van der Waals surface area contributed by atoms with Crippen LogP contribution in [0.5, 0.6) is 0 Å². The number of hydrogen-bond acceptors (Lipinski definition) is 3. The van der Waals surface area contributed by atoms with Crippen LogP contribution in [-0.4, -0.2) is 20.6 Å². The Morgan fingerprint density at radius 2 is 2.00 bits per heavy atom. The molecule has 0 aliphatic carbocycles. The van der Waals surface area contributed by atoms with Crippen molar-refractivity contribution in [3.63, 3.8) is 0 Å². The van der Waals surface area contributed by atoms with Crippen LogP contribution in [0, 0.1) is 0 Å². The highest BCUT2D eigenvalue weighted by molar-refractivity contribution is 7.89. The minimum Gasteiger partial charge on any atom is -0.326 e. The van der Waals surface area contributed by atoms with Crippen LogP contribution in [0.3, 0.4) is 0 Å². The molecular weight excluding hydrogens is 317 g/mol. The number of rotatable bonds is 5. The lowest BCUT2D eigenvalue weighted by Crippen LogP contribution is -2.35. The summed E-state index contributed by atoms with van der Waals surface area (Å²) in [7, 11) is -4.05. The first-order valence-electron chi connectivity index (χ1n) is 5.63. The third kappa shape index (κ3) is 4.93. The van der Waals surface area contributed by atoms with Gasteiger partial charge >= 0.3 is 6.18 Å². The third-order valence-corrected chi connectivity index (χ3v) is 4.39. The molecular formula is C11H14ClF3N2O2S. The summed E-state index contributed by atoms with van der Waals surface area (Å²) in [6, 6.07) is 2.56. The minimum atomic E-state index is -4.44. The van der Waals surface area contributed by atoms with Gasteiger partial charge in [-0.25, -0.2) is 13.1 Å². The first kappa shape index (κ1) is 17.2. The largest absolute Gasteiger partial charge is 0.390 e. The van der Waals surface area contributed by atoms with Crippen LogP contribution in [-0.2, 0) is 16.6 Å². The van der Waals surface area contributed by atoms with Crippen molar-refractivity contribution in [2.75, 3.05) is 0 Å². The maximum atomic E-state index is 12.2. The van der Waals surface area contributed by atoms with Gasteiger partial charge in [-0.2, -0.15) is 13.2 Å². The number of sulfonamides is 1. The van der Waals surface area contributed by atoms with Crippen molar-refractivity contribution in [1.29, 1.82) is 0 Å². The van der Waals surface area contributed by atoms with Crippen LogP contribution in [0.1, 0.15) is 18.9 Å². The van der Waals surface area contributed by atoms with E-state index in [-0.39, 0.29) is 16.5 Å².